The Kier molecular flexibility index (Phi) is 4.56. The highest BCUT2D eigenvalue weighted by atomic mass is 35.5. The molecular formula is C14H15ClN2O. The van der Waals surface area contributed by atoms with Gasteiger partial charge < -0.3 is 10.1 Å². The third-order valence-corrected chi connectivity index (χ3v) is 2.83. The number of pyridine rings is 1. The highest BCUT2D eigenvalue weighted by Crippen LogP contribution is 2.20. The number of anilines is 1. The Morgan fingerprint density at radius 2 is 2.00 bits per heavy atom. The van der Waals surface area contributed by atoms with Gasteiger partial charge in [0, 0.05) is 7.11 Å². The van der Waals surface area contributed by atoms with Crippen molar-refractivity contribution in [1.29, 1.82) is 0 Å². The number of nitrogens with one attached hydrogen (secondary N) is 1. The molecule has 0 aliphatic heterocycles. The highest BCUT2D eigenvalue weighted by Gasteiger charge is 2.10. The molecule has 1 N–H and O–H groups in total. The first-order valence-corrected chi connectivity index (χ1v) is 6.09. The molecule has 1 unspecified atom stereocenters. The summed E-state index contributed by atoms with van der Waals surface area (Å²) in [6, 6.07) is 13.9. The molecule has 4 heteroatoms. The lowest BCUT2D eigenvalue weighted by atomic mass is 10.1. The van der Waals surface area contributed by atoms with Crippen molar-refractivity contribution >= 4 is 17.3 Å². The summed E-state index contributed by atoms with van der Waals surface area (Å²) in [6.07, 6.45) is 1.72. The van der Waals surface area contributed by atoms with Crippen LogP contribution >= 0.6 is 11.6 Å². The van der Waals surface area contributed by atoms with E-state index in [1.165, 1.54) is 5.56 Å². The van der Waals surface area contributed by atoms with Crippen LogP contribution in [-0.2, 0) is 4.74 Å². The van der Waals surface area contributed by atoms with Crippen molar-refractivity contribution in [3.8, 4) is 0 Å². The summed E-state index contributed by atoms with van der Waals surface area (Å²) < 4.78 is 5.25. The van der Waals surface area contributed by atoms with Crippen molar-refractivity contribution in [3.63, 3.8) is 0 Å². The molecule has 0 spiro atoms. The number of hydrogen-bond donors (Lipinski definition) is 1. The number of benzene rings is 1. The number of nitrogens with zero attached hydrogens (tertiary/aromatic N) is 1. The normalized spacial score (nSPS) is 12.1. The van der Waals surface area contributed by atoms with Crippen LogP contribution in [0, 0.1) is 0 Å². The maximum atomic E-state index is 5.76. The summed E-state index contributed by atoms with van der Waals surface area (Å²) >= 11 is 5.76. The SMILES string of the molecule is COCC(Nc1ccc(Cl)nc1)c1ccccc1. The van der Waals surface area contributed by atoms with E-state index in [0.29, 0.717) is 11.8 Å². The van der Waals surface area contributed by atoms with E-state index >= 15 is 0 Å². The fraction of sp³-hybridized carbons (Fsp3) is 0.214. The molecule has 0 bridgehead atoms. The van der Waals surface area contributed by atoms with Crippen LogP contribution in [0.1, 0.15) is 11.6 Å². The zero-order valence-corrected chi connectivity index (χ0v) is 10.9. The second-order valence-electron chi connectivity index (χ2n) is 3.93. The molecule has 1 aromatic heterocycles. The van der Waals surface area contributed by atoms with Crippen LogP contribution in [0.5, 0.6) is 0 Å². The van der Waals surface area contributed by atoms with Gasteiger partial charge in [-0.1, -0.05) is 41.9 Å². The standard InChI is InChI=1S/C14H15ClN2O/c1-18-10-13(11-5-3-2-4-6-11)17-12-7-8-14(15)16-9-12/h2-9,13,17H,10H2,1H3. The molecule has 94 valence electrons. The van der Waals surface area contributed by atoms with Crippen LogP contribution in [0.15, 0.2) is 48.7 Å². The van der Waals surface area contributed by atoms with E-state index in [9.17, 15) is 0 Å². The van der Waals surface area contributed by atoms with Gasteiger partial charge in [-0.25, -0.2) is 4.98 Å². The molecule has 0 radical (unpaired) electrons. The van der Waals surface area contributed by atoms with E-state index in [-0.39, 0.29) is 6.04 Å². The molecule has 1 heterocycles. The molecule has 2 aromatic rings. The maximum Gasteiger partial charge on any atom is 0.129 e. The Hall–Kier alpha value is -1.58. The quantitative estimate of drug-likeness (QED) is 0.837. The highest BCUT2D eigenvalue weighted by molar-refractivity contribution is 6.29. The third-order valence-electron chi connectivity index (χ3n) is 2.60. The number of hydrogen-bond acceptors (Lipinski definition) is 3. The zero-order chi connectivity index (χ0) is 12.8. The van der Waals surface area contributed by atoms with Crippen molar-refractivity contribution in [2.45, 2.75) is 6.04 Å². The van der Waals surface area contributed by atoms with Gasteiger partial charge in [0.1, 0.15) is 5.15 Å². The molecule has 1 atom stereocenters. The Morgan fingerprint density at radius 1 is 1.22 bits per heavy atom. The van der Waals surface area contributed by atoms with Crippen LogP contribution in [0.4, 0.5) is 5.69 Å². The Bertz CT molecular complexity index is 473. The zero-order valence-electron chi connectivity index (χ0n) is 10.1. The molecule has 0 amide bonds. The number of ether oxygens (including phenoxy) is 1. The van der Waals surface area contributed by atoms with E-state index in [1.54, 1.807) is 19.4 Å². The number of halogens is 1. The molecule has 0 aliphatic rings. The van der Waals surface area contributed by atoms with E-state index in [1.807, 2.05) is 24.3 Å². The fourth-order valence-corrected chi connectivity index (χ4v) is 1.85. The van der Waals surface area contributed by atoms with E-state index in [0.717, 1.165) is 5.69 Å². The summed E-state index contributed by atoms with van der Waals surface area (Å²) in [5.74, 6) is 0. The number of rotatable bonds is 5. The summed E-state index contributed by atoms with van der Waals surface area (Å²) in [6.45, 7) is 0.590. The van der Waals surface area contributed by atoms with Crippen molar-refractivity contribution in [3.05, 3.63) is 59.4 Å². The van der Waals surface area contributed by atoms with Crippen molar-refractivity contribution in [2.75, 3.05) is 19.0 Å². The molecule has 0 fully saturated rings. The Labute approximate surface area is 112 Å². The van der Waals surface area contributed by atoms with Gasteiger partial charge in [0.25, 0.3) is 0 Å². The number of methoxy groups -OCH3 is 1. The average Bonchev–Trinajstić information content (AvgIpc) is 2.42. The Morgan fingerprint density at radius 3 is 2.61 bits per heavy atom. The van der Waals surface area contributed by atoms with Gasteiger partial charge in [-0.2, -0.15) is 0 Å². The van der Waals surface area contributed by atoms with Gasteiger partial charge in [-0.15, -0.1) is 0 Å². The monoisotopic (exact) mass is 262 g/mol. The molecule has 18 heavy (non-hydrogen) atoms. The van der Waals surface area contributed by atoms with E-state index in [2.05, 4.69) is 22.4 Å². The third kappa shape index (κ3) is 3.45. The largest absolute Gasteiger partial charge is 0.382 e. The molecule has 1 aromatic carbocycles. The minimum atomic E-state index is 0.0965. The summed E-state index contributed by atoms with van der Waals surface area (Å²) in [5, 5.41) is 3.87. The van der Waals surface area contributed by atoms with Gasteiger partial charge in [-0.3, -0.25) is 0 Å². The van der Waals surface area contributed by atoms with E-state index < -0.39 is 0 Å². The van der Waals surface area contributed by atoms with Crippen molar-refractivity contribution in [2.24, 2.45) is 0 Å². The van der Waals surface area contributed by atoms with Gasteiger partial charge in [0.2, 0.25) is 0 Å². The lowest BCUT2D eigenvalue weighted by Crippen LogP contribution is -2.16. The lowest BCUT2D eigenvalue weighted by Gasteiger charge is -2.19. The molecule has 0 saturated heterocycles. The summed E-state index contributed by atoms with van der Waals surface area (Å²) in [4.78, 5) is 4.05. The Balaban J connectivity index is 2.14. The first-order chi connectivity index (χ1) is 8.79. The van der Waals surface area contributed by atoms with Crippen LogP contribution in [0.25, 0.3) is 0 Å². The predicted octanol–water partition coefficient (Wildman–Crippen LogP) is 3.53. The summed E-state index contributed by atoms with van der Waals surface area (Å²) in [7, 11) is 1.69. The van der Waals surface area contributed by atoms with Gasteiger partial charge in [0.05, 0.1) is 24.5 Å². The van der Waals surface area contributed by atoms with Crippen molar-refractivity contribution < 1.29 is 4.74 Å². The van der Waals surface area contributed by atoms with Crippen LogP contribution < -0.4 is 5.32 Å². The molecule has 0 aliphatic carbocycles. The van der Waals surface area contributed by atoms with Gasteiger partial charge in [-0.05, 0) is 17.7 Å². The first kappa shape index (κ1) is 12.9. The van der Waals surface area contributed by atoms with Gasteiger partial charge in [0.15, 0.2) is 0 Å². The molecule has 3 nitrogen and oxygen atoms in total. The second kappa shape index (κ2) is 6.38. The first-order valence-electron chi connectivity index (χ1n) is 5.71. The fourth-order valence-electron chi connectivity index (χ4n) is 1.74. The number of aromatic nitrogens is 1. The maximum absolute atomic E-state index is 5.76. The molecule has 0 saturated carbocycles. The molecular weight excluding hydrogens is 248 g/mol. The minimum Gasteiger partial charge on any atom is -0.382 e. The average molecular weight is 263 g/mol. The minimum absolute atomic E-state index is 0.0965. The lowest BCUT2D eigenvalue weighted by molar-refractivity contribution is 0.186. The van der Waals surface area contributed by atoms with Crippen LogP contribution in [0.3, 0.4) is 0 Å². The van der Waals surface area contributed by atoms with Crippen LogP contribution in [-0.4, -0.2) is 18.7 Å². The van der Waals surface area contributed by atoms with E-state index in [4.69, 9.17) is 16.3 Å². The van der Waals surface area contributed by atoms with Crippen molar-refractivity contribution in [1.82, 2.24) is 4.98 Å². The second-order valence-corrected chi connectivity index (χ2v) is 4.32. The summed E-state index contributed by atoms with van der Waals surface area (Å²) in [5.41, 5.74) is 2.10. The molecule has 2 rings (SSSR count). The smallest absolute Gasteiger partial charge is 0.129 e. The topological polar surface area (TPSA) is 34.1 Å². The van der Waals surface area contributed by atoms with Crippen LogP contribution in [0.2, 0.25) is 5.15 Å². The van der Waals surface area contributed by atoms with Gasteiger partial charge >= 0.3 is 0 Å². The predicted molar refractivity (Wildman–Crippen MR) is 73.9 cm³/mol.